The molecule has 2 aliphatic heterocycles. The average molecular weight is 835 g/mol. The van der Waals surface area contributed by atoms with Crippen LogP contribution in [0, 0.1) is 16.1 Å². The smallest absolute Gasteiger partial charge is 0.236 e. The number of thiocyanates is 1. The molecule has 0 bridgehead atoms. The van der Waals surface area contributed by atoms with Gasteiger partial charge in [-0.1, -0.05) is 88.7 Å². The van der Waals surface area contributed by atoms with Crippen molar-refractivity contribution in [2.45, 2.75) is 111 Å². The molecule has 2 aromatic rings. The Hall–Kier alpha value is -4.43. The van der Waals surface area contributed by atoms with Crippen molar-refractivity contribution in [3.8, 4) is 5.40 Å². The summed E-state index contributed by atoms with van der Waals surface area (Å²) in [6, 6.07) is 17.3. The second-order valence-electron chi connectivity index (χ2n) is 17.2. The van der Waals surface area contributed by atoms with Crippen LogP contribution >= 0.6 is 11.8 Å². The highest BCUT2D eigenvalue weighted by Gasteiger charge is 2.49. The Labute approximate surface area is 364 Å². The van der Waals surface area contributed by atoms with E-state index in [1.807, 2.05) is 13.8 Å². The number of hydrogen-bond acceptors (Lipinski definition) is 7. The zero-order chi connectivity index (χ0) is 43.3. The highest BCUT2D eigenvalue weighted by molar-refractivity contribution is 8.03. The quantitative estimate of drug-likeness (QED) is 0.0559. The lowest BCUT2D eigenvalue weighted by atomic mass is 9.70. The summed E-state index contributed by atoms with van der Waals surface area (Å²) in [5.41, 5.74) is 7.33. The van der Waals surface area contributed by atoms with Crippen LogP contribution < -0.4 is 15.5 Å². The topological polar surface area (TPSA) is 107 Å². The Kier molecular flexibility index (Phi) is 16.6. The SMILES string of the molecule is CCCCN1C(=CC=C2C=C(C=CC3=[N+](CCC)c4ccccc4C3(C)C)CC(C(=O)NCCSC#N)(C(=O)NCCC(C)OCCOCC)C2)C(C)(C)c2ccccc21. The van der Waals surface area contributed by atoms with Gasteiger partial charge >= 0.3 is 0 Å². The van der Waals surface area contributed by atoms with E-state index in [1.165, 1.54) is 33.9 Å². The molecule has 5 rings (SSSR count). The molecule has 60 heavy (non-hydrogen) atoms. The molecule has 0 aromatic heterocycles. The van der Waals surface area contributed by atoms with Crippen molar-refractivity contribution in [3.05, 3.63) is 107 Å². The van der Waals surface area contributed by atoms with E-state index in [2.05, 4.69) is 146 Å². The van der Waals surface area contributed by atoms with Crippen molar-refractivity contribution in [3.63, 3.8) is 0 Å². The van der Waals surface area contributed by atoms with E-state index in [1.54, 1.807) is 0 Å². The summed E-state index contributed by atoms with van der Waals surface area (Å²) in [6.07, 6.45) is 15.0. The Bertz CT molecular complexity index is 2040. The second-order valence-corrected chi connectivity index (χ2v) is 18.1. The number of nitriles is 1. The van der Waals surface area contributed by atoms with Gasteiger partial charge in [-0.05, 0) is 94.0 Å². The van der Waals surface area contributed by atoms with Crippen LogP contribution in [0.4, 0.5) is 11.4 Å². The first-order valence-corrected chi connectivity index (χ1v) is 23.0. The van der Waals surface area contributed by atoms with Gasteiger partial charge in [-0.2, -0.15) is 9.84 Å². The summed E-state index contributed by atoms with van der Waals surface area (Å²) in [4.78, 5) is 31.8. The fourth-order valence-electron chi connectivity index (χ4n) is 8.94. The highest BCUT2D eigenvalue weighted by Crippen LogP contribution is 2.48. The summed E-state index contributed by atoms with van der Waals surface area (Å²) in [5.74, 6) is -0.207. The molecular formula is C50H68N5O4S+. The van der Waals surface area contributed by atoms with Crippen LogP contribution in [0.25, 0.3) is 0 Å². The Morgan fingerprint density at radius 3 is 2.35 bits per heavy atom. The molecule has 3 aliphatic rings. The molecule has 0 fully saturated rings. The number of carbonyl (C=O) groups is 2. The Morgan fingerprint density at radius 1 is 0.917 bits per heavy atom. The van der Waals surface area contributed by atoms with Gasteiger partial charge in [0.2, 0.25) is 17.5 Å². The van der Waals surface area contributed by atoms with Crippen LogP contribution in [0.3, 0.4) is 0 Å². The molecule has 2 atom stereocenters. The van der Waals surface area contributed by atoms with Crippen molar-refractivity contribution in [1.82, 2.24) is 10.6 Å². The fraction of sp³-hybridized carbons (Fsp3) is 0.520. The maximum atomic E-state index is 14.7. The molecule has 9 nitrogen and oxygen atoms in total. The number of ether oxygens (including phenoxy) is 2. The molecule has 0 spiro atoms. The summed E-state index contributed by atoms with van der Waals surface area (Å²) >= 11 is 1.09. The van der Waals surface area contributed by atoms with Crippen LogP contribution in [-0.4, -0.2) is 80.0 Å². The van der Waals surface area contributed by atoms with Crippen LogP contribution in [-0.2, 0) is 29.9 Å². The molecule has 0 saturated carbocycles. The molecule has 10 heteroatoms. The number of hydrogen-bond donors (Lipinski definition) is 2. The van der Waals surface area contributed by atoms with Crippen LogP contribution in [0.1, 0.15) is 105 Å². The number of nitrogens with one attached hydrogen (secondary N) is 2. The van der Waals surface area contributed by atoms with Gasteiger partial charge in [-0.25, -0.2) is 0 Å². The van der Waals surface area contributed by atoms with E-state index >= 15 is 0 Å². The minimum atomic E-state index is -1.42. The fourth-order valence-corrected chi connectivity index (χ4v) is 9.23. The van der Waals surface area contributed by atoms with E-state index < -0.39 is 5.41 Å². The maximum absolute atomic E-state index is 14.7. The van der Waals surface area contributed by atoms with E-state index in [0.29, 0.717) is 38.5 Å². The van der Waals surface area contributed by atoms with Gasteiger partial charge < -0.3 is 25.0 Å². The van der Waals surface area contributed by atoms with Crippen LogP contribution in [0.15, 0.2) is 95.8 Å². The molecule has 1 aliphatic carbocycles. The van der Waals surface area contributed by atoms with Crippen molar-refractivity contribution >= 4 is 40.7 Å². The monoisotopic (exact) mass is 834 g/mol. The van der Waals surface area contributed by atoms with Gasteiger partial charge in [0.25, 0.3) is 0 Å². The number of para-hydroxylation sites is 2. The number of fused-ring (bicyclic) bond motifs is 2. The minimum Gasteiger partial charge on any atom is -0.379 e. The number of thioether (sulfide) groups is 1. The van der Waals surface area contributed by atoms with E-state index in [-0.39, 0.29) is 48.1 Å². The first kappa shape index (κ1) is 46.6. The normalized spacial score (nSPS) is 20.9. The van der Waals surface area contributed by atoms with Crippen molar-refractivity contribution in [2.24, 2.45) is 5.41 Å². The second kappa shape index (κ2) is 21.4. The van der Waals surface area contributed by atoms with Gasteiger partial charge in [-0.3, -0.25) is 9.59 Å². The largest absolute Gasteiger partial charge is 0.379 e. The van der Waals surface area contributed by atoms with E-state index in [0.717, 1.165) is 55.3 Å². The third-order valence-corrected chi connectivity index (χ3v) is 12.7. The first-order chi connectivity index (χ1) is 28.8. The zero-order valence-electron chi connectivity index (χ0n) is 37.4. The average Bonchev–Trinajstić information content (AvgIpc) is 3.59. The lowest BCUT2D eigenvalue weighted by Gasteiger charge is -2.35. The molecule has 2 amide bonds. The van der Waals surface area contributed by atoms with Crippen molar-refractivity contribution in [2.75, 3.05) is 56.7 Å². The predicted octanol–water partition coefficient (Wildman–Crippen LogP) is 9.42. The number of rotatable bonds is 21. The Morgan fingerprint density at radius 2 is 1.63 bits per heavy atom. The molecule has 2 unspecified atom stereocenters. The van der Waals surface area contributed by atoms with E-state index in [9.17, 15) is 14.9 Å². The summed E-state index contributed by atoms with van der Waals surface area (Å²) in [5, 5.41) is 17.5. The van der Waals surface area contributed by atoms with Crippen LogP contribution in [0.2, 0.25) is 0 Å². The summed E-state index contributed by atoms with van der Waals surface area (Å²) < 4.78 is 13.8. The van der Waals surface area contributed by atoms with Crippen LogP contribution in [0.5, 0.6) is 0 Å². The summed E-state index contributed by atoms with van der Waals surface area (Å²) in [6.45, 7) is 21.5. The molecule has 2 aromatic carbocycles. The highest BCUT2D eigenvalue weighted by atomic mass is 32.2. The van der Waals surface area contributed by atoms with Gasteiger partial charge in [0, 0.05) is 72.9 Å². The molecule has 2 heterocycles. The van der Waals surface area contributed by atoms with Crippen molar-refractivity contribution < 1.29 is 23.6 Å². The van der Waals surface area contributed by atoms with E-state index in [4.69, 9.17) is 9.47 Å². The number of unbranched alkanes of at least 4 members (excludes halogenated alkanes) is 1. The van der Waals surface area contributed by atoms with Gasteiger partial charge in [0.1, 0.15) is 17.4 Å². The zero-order valence-corrected chi connectivity index (χ0v) is 38.2. The third kappa shape index (κ3) is 10.5. The summed E-state index contributed by atoms with van der Waals surface area (Å²) in [7, 11) is 0. The first-order valence-electron chi connectivity index (χ1n) is 22.0. The number of benzene rings is 2. The van der Waals surface area contributed by atoms with Gasteiger partial charge in [0.15, 0.2) is 5.71 Å². The Balaban J connectivity index is 1.58. The third-order valence-electron chi connectivity index (χ3n) is 12.2. The molecule has 322 valence electrons. The lowest BCUT2D eigenvalue weighted by Crippen LogP contribution is -2.53. The predicted molar refractivity (Wildman–Crippen MR) is 247 cm³/mol. The molecular weight excluding hydrogens is 767 g/mol. The standard InChI is InChI=1S/C50H67N5O4S/c1-9-12-29-55-43-20-16-14-18-41(43)49(7,8)45(55)24-22-39-33-38(21-23-44-48(5,6)40-17-13-15-19-42(40)54(44)28-10-2)34-50(35-39,47(57)53-27-32-60-36-51)46(56)52-26-25-37(4)59-31-30-58-11-3/h13-24,33,37H,9-12,25-32,34-35H2,1-8H3,(H-,52,53,56,57)/p+1. The van der Waals surface area contributed by atoms with Crippen molar-refractivity contribution in [1.29, 1.82) is 5.26 Å². The minimum absolute atomic E-state index is 0.0955. The molecule has 0 radical (unpaired) electrons. The number of carbonyl (C=O) groups excluding carboxylic acids is 2. The maximum Gasteiger partial charge on any atom is 0.236 e. The molecule has 0 saturated heterocycles. The van der Waals surface area contributed by atoms with Gasteiger partial charge in [0.05, 0.1) is 24.7 Å². The number of allylic oxidation sites excluding steroid dienone is 8. The number of nitrogens with zero attached hydrogens (tertiary/aromatic N) is 3. The molecule has 2 N–H and O–H groups in total. The number of amides is 2. The lowest BCUT2D eigenvalue weighted by molar-refractivity contribution is -0.437. The number of anilines is 1. The van der Waals surface area contributed by atoms with Gasteiger partial charge in [-0.15, -0.1) is 0 Å².